The molecular formula is C37H33IrN3O. The molecule has 7 rings (SSSR count). The molecule has 6 aromatic rings. The second-order valence-corrected chi connectivity index (χ2v) is 10.6. The predicted molar refractivity (Wildman–Crippen MR) is 168 cm³/mol. The van der Waals surface area contributed by atoms with E-state index in [1.54, 1.807) is 0 Å². The monoisotopic (exact) mass is 728 g/mol. The van der Waals surface area contributed by atoms with Crippen LogP contribution in [0.1, 0.15) is 36.5 Å². The van der Waals surface area contributed by atoms with Crippen molar-refractivity contribution in [3.05, 3.63) is 120 Å². The maximum Gasteiger partial charge on any atom is 0.494 e. The second-order valence-electron chi connectivity index (χ2n) is 10.6. The smallest absolute Gasteiger partial charge is 0.483 e. The van der Waals surface area contributed by atoms with Crippen LogP contribution in [0.25, 0.3) is 33.2 Å². The van der Waals surface area contributed by atoms with Gasteiger partial charge in [0.25, 0.3) is 11.4 Å². The summed E-state index contributed by atoms with van der Waals surface area (Å²) in [6.45, 7) is 9.42. The Balaban J connectivity index is 0.000000189. The van der Waals surface area contributed by atoms with Crippen molar-refractivity contribution in [1.29, 1.82) is 0 Å². The van der Waals surface area contributed by atoms with Gasteiger partial charge in [0.15, 0.2) is 6.54 Å². The molecule has 1 aliphatic heterocycles. The summed E-state index contributed by atoms with van der Waals surface area (Å²) in [5.74, 6) is 0. The molecule has 0 saturated heterocycles. The molecule has 1 aliphatic rings. The second kappa shape index (κ2) is 12.8. The zero-order chi connectivity index (χ0) is 28.3. The van der Waals surface area contributed by atoms with Gasteiger partial charge in [-0.1, -0.05) is 82.8 Å². The van der Waals surface area contributed by atoms with Gasteiger partial charge in [0.1, 0.15) is 11.3 Å². The standard InChI is InChI=1S/C23H19N2O.C14H14N.Ir/c1-2-3-14-24-16-25(21-10-6-5-9-20(21)24)17-12-13-19-18-8-4-7-11-22(18)26-23(19)15-17;1-10-4-6-13(7-5-10)14-8-11(2)12(3)9-15-14;/h4-11,13,15H,2-3,14H2,1H3;4-6,8-9H,1-3H3;/q+1;-1;. The third-order valence-corrected chi connectivity index (χ3v) is 7.52. The largest absolute Gasteiger partial charge is 0.494 e. The maximum absolute atomic E-state index is 6.04. The maximum atomic E-state index is 6.04. The molecule has 0 aliphatic carbocycles. The van der Waals surface area contributed by atoms with E-state index in [4.69, 9.17) is 4.42 Å². The SMILES string of the molecule is CCCC[N+]1=C=[N+](c2[c-]cc3c(c2)oc2ccccc23)c2ccccc21.Cc1c[c-]c(-c2cc(C)c(C)cn2)cc1.[Ir]. The van der Waals surface area contributed by atoms with Crippen molar-refractivity contribution in [2.45, 2.75) is 40.5 Å². The number of benzene rings is 4. The first-order valence-corrected chi connectivity index (χ1v) is 14.2. The molecule has 0 fully saturated rings. The van der Waals surface area contributed by atoms with Crippen LogP contribution in [0.3, 0.4) is 0 Å². The fourth-order valence-electron chi connectivity index (χ4n) is 5.00. The first-order chi connectivity index (χ1) is 20.0. The van der Waals surface area contributed by atoms with Crippen molar-refractivity contribution in [1.82, 2.24) is 9.56 Å². The number of fused-ring (bicyclic) bond motifs is 4. The van der Waals surface area contributed by atoms with Gasteiger partial charge < -0.3 is 9.40 Å². The van der Waals surface area contributed by atoms with E-state index in [0.29, 0.717) is 0 Å². The minimum atomic E-state index is 0. The van der Waals surface area contributed by atoms with E-state index in [0.717, 1.165) is 64.0 Å². The van der Waals surface area contributed by atoms with E-state index in [1.165, 1.54) is 22.4 Å². The molecular weight excluding hydrogens is 695 g/mol. The fourth-order valence-corrected chi connectivity index (χ4v) is 5.00. The van der Waals surface area contributed by atoms with Gasteiger partial charge in [-0.2, -0.15) is 6.07 Å². The van der Waals surface area contributed by atoms with Crippen molar-refractivity contribution in [2.75, 3.05) is 6.54 Å². The van der Waals surface area contributed by atoms with E-state index in [9.17, 15) is 0 Å². The normalized spacial score (nSPS) is 11.8. The molecule has 42 heavy (non-hydrogen) atoms. The summed E-state index contributed by atoms with van der Waals surface area (Å²) < 4.78 is 10.3. The van der Waals surface area contributed by atoms with E-state index >= 15 is 0 Å². The number of rotatable bonds is 5. The summed E-state index contributed by atoms with van der Waals surface area (Å²) >= 11 is 0. The minimum Gasteiger partial charge on any atom is -0.483 e. The number of aryl methyl sites for hydroxylation is 3. The van der Waals surface area contributed by atoms with Crippen molar-refractivity contribution < 1.29 is 29.1 Å². The summed E-state index contributed by atoms with van der Waals surface area (Å²) in [7, 11) is 0. The number of furan rings is 1. The van der Waals surface area contributed by atoms with Gasteiger partial charge in [0.05, 0.1) is 0 Å². The van der Waals surface area contributed by atoms with Gasteiger partial charge in [0, 0.05) is 50.4 Å². The van der Waals surface area contributed by atoms with Gasteiger partial charge in [-0.25, -0.2) is 0 Å². The molecule has 0 N–H and O–H groups in total. The molecule has 0 saturated carbocycles. The molecule has 0 amide bonds. The fraction of sp³-hybridized carbons (Fsp3) is 0.189. The van der Waals surface area contributed by atoms with Crippen LogP contribution in [0, 0.1) is 32.9 Å². The average Bonchev–Trinajstić information content (AvgIpc) is 3.56. The predicted octanol–water partition coefficient (Wildman–Crippen LogP) is 9.32. The zero-order valence-corrected chi connectivity index (χ0v) is 26.8. The van der Waals surface area contributed by atoms with E-state index < -0.39 is 0 Å². The summed E-state index contributed by atoms with van der Waals surface area (Å²) in [4.78, 5) is 4.41. The quantitative estimate of drug-likeness (QED) is 0.131. The average molecular weight is 728 g/mol. The molecule has 4 nitrogen and oxygen atoms in total. The Morgan fingerprint density at radius 2 is 1.60 bits per heavy atom. The topological polar surface area (TPSA) is 32.0 Å². The number of aromatic nitrogens is 1. The molecule has 0 unspecified atom stereocenters. The summed E-state index contributed by atoms with van der Waals surface area (Å²) in [5.41, 5.74) is 10.8. The minimum absolute atomic E-state index is 0. The van der Waals surface area contributed by atoms with Gasteiger partial charge in [-0.05, 0) is 36.6 Å². The number of nitrogens with zero attached hydrogens (tertiary/aromatic N) is 3. The van der Waals surface area contributed by atoms with Crippen LogP contribution < -0.4 is 4.58 Å². The van der Waals surface area contributed by atoms with Gasteiger partial charge in [-0.15, -0.1) is 41.5 Å². The van der Waals surface area contributed by atoms with Crippen molar-refractivity contribution in [2.24, 2.45) is 0 Å². The third kappa shape index (κ3) is 5.91. The Morgan fingerprint density at radius 3 is 2.36 bits per heavy atom. The Morgan fingerprint density at radius 1 is 0.810 bits per heavy atom. The first-order valence-electron chi connectivity index (χ1n) is 14.2. The van der Waals surface area contributed by atoms with Gasteiger partial charge in [0.2, 0.25) is 0 Å². The summed E-state index contributed by atoms with van der Waals surface area (Å²) in [6.07, 6.45) is 4.22. The van der Waals surface area contributed by atoms with Gasteiger partial charge in [-0.3, -0.25) is 0 Å². The van der Waals surface area contributed by atoms with Crippen LogP contribution in [0.15, 0.2) is 95.5 Å². The van der Waals surface area contributed by atoms with Crippen LogP contribution in [0.4, 0.5) is 17.1 Å². The Bertz CT molecular complexity index is 1950. The van der Waals surface area contributed by atoms with Crippen LogP contribution in [-0.4, -0.2) is 22.1 Å². The number of hydrogen-bond acceptors (Lipinski definition) is 2. The Labute approximate surface area is 261 Å². The number of para-hydroxylation sites is 3. The number of pyridine rings is 1. The number of unbranched alkanes of at least 4 members (excludes halogenated alkanes) is 1. The van der Waals surface area contributed by atoms with Crippen molar-refractivity contribution >= 4 is 45.0 Å². The Kier molecular flexibility index (Phi) is 8.94. The van der Waals surface area contributed by atoms with Crippen LogP contribution in [0.5, 0.6) is 0 Å². The molecule has 211 valence electrons. The van der Waals surface area contributed by atoms with Crippen molar-refractivity contribution in [3.63, 3.8) is 0 Å². The molecule has 4 aromatic carbocycles. The van der Waals surface area contributed by atoms with E-state index in [2.05, 4.69) is 115 Å². The van der Waals surface area contributed by atoms with E-state index in [1.807, 2.05) is 36.5 Å². The van der Waals surface area contributed by atoms with Crippen LogP contribution >= 0.6 is 0 Å². The van der Waals surface area contributed by atoms with Crippen LogP contribution in [-0.2, 0) is 20.1 Å². The molecule has 1 radical (unpaired) electrons. The molecule has 0 spiro atoms. The Hall–Kier alpha value is -4.14. The van der Waals surface area contributed by atoms with Gasteiger partial charge >= 0.3 is 6.01 Å². The molecule has 0 atom stereocenters. The van der Waals surface area contributed by atoms with Crippen molar-refractivity contribution in [3.8, 4) is 11.3 Å². The molecule has 2 aromatic heterocycles. The summed E-state index contributed by atoms with van der Waals surface area (Å²) in [5, 5.41) is 2.23. The third-order valence-electron chi connectivity index (χ3n) is 7.52. The zero-order valence-electron chi connectivity index (χ0n) is 24.4. The summed E-state index contributed by atoms with van der Waals surface area (Å²) in [6, 6.07) is 39.0. The molecule has 0 bridgehead atoms. The molecule has 5 heteroatoms. The number of hydrogen-bond donors (Lipinski definition) is 0. The van der Waals surface area contributed by atoms with Crippen LogP contribution in [0.2, 0.25) is 0 Å². The van der Waals surface area contributed by atoms with E-state index in [-0.39, 0.29) is 20.1 Å². The first kappa shape index (κ1) is 29.4. The molecule has 3 heterocycles.